The normalized spacial score (nSPS) is 10.4. The highest BCUT2D eigenvalue weighted by atomic mass is 32.1. The minimum Gasteiger partial charge on any atom is -0.477 e. The van der Waals surface area contributed by atoms with Gasteiger partial charge in [-0.3, -0.25) is 0 Å². The monoisotopic (exact) mass is 260 g/mol. The number of carboxylic acids is 1. The number of methoxy groups -OCH3 is 1. The summed E-state index contributed by atoms with van der Waals surface area (Å²) in [5.74, 6) is -0.946. The Morgan fingerprint density at radius 2 is 2.35 bits per heavy atom. The second-order valence-electron chi connectivity index (χ2n) is 3.22. The summed E-state index contributed by atoms with van der Waals surface area (Å²) in [4.78, 5) is 14.8. The molecule has 7 heteroatoms. The summed E-state index contributed by atoms with van der Waals surface area (Å²) in [6.07, 6.45) is 2.19. The van der Waals surface area contributed by atoms with Crippen molar-refractivity contribution < 1.29 is 19.4 Å². The van der Waals surface area contributed by atoms with Gasteiger partial charge < -0.3 is 19.9 Å². The maximum atomic E-state index is 10.6. The van der Waals surface area contributed by atoms with Crippen LogP contribution in [0.2, 0.25) is 0 Å². The molecule has 1 rings (SSSR count). The first-order valence-corrected chi connectivity index (χ1v) is 6.05. The molecule has 0 bridgehead atoms. The Morgan fingerprint density at radius 1 is 1.53 bits per heavy atom. The maximum Gasteiger partial charge on any atom is 0.347 e. The van der Waals surface area contributed by atoms with E-state index in [1.54, 1.807) is 7.11 Å². The number of carboxylic acid groups (broad SMARTS) is 1. The topological polar surface area (TPSA) is 80.7 Å². The molecule has 0 aromatic carbocycles. The summed E-state index contributed by atoms with van der Waals surface area (Å²) >= 11 is 1.13. The van der Waals surface area contributed by atoms with Crippen molar-refractivity contribution in [3.8, 4) is 0 Å². The molecule has 0 aliphatic heterocycles. The number of ether oxygens (including phenoxy) is 2. The molecule has 0 saturated heterocycles. The zero-order chi connectivity index (χ0) is 12.5. The van der Waals surface area contributed by atoms with Gasteiger partial charge in [0.25, 0.3) is 0 Å². The van der Waals surface area contributed by atoms with Gasteiger partial charge in [0.2, 0.25) is 0 Å². The molecule has 0 radical (unpaired) electrons. The third kappa shape index (κ3) is 5.62. The molecule has 0 fully saturated rings. The number of thiazole rings is 1. The molecule has 0 saturated carbocycles. The Hall–Kier alpha value is -1.18. The molecule has 96 valence electrons. The first-order chi connectivity index (χ1) is 8.24. The quantitative estimate of drug-likeness (QED) is 0.651. The number of hydrogen-bond donors (Lipinski definition) is 2. The van der Waals surface area contributed by atoms with Crippen molar-refractivity contribution in [3.63, 3.8) is 0 Å². The lowest BCUT2D eigenvalue weighted by Gasteiger charge is -2.04. The Bertz CT molecular complexity index is 343. The molecule has 0 unspecified atom stereocenters. The standard InChI is InChI=1S/C10H16N2O4S/c1-15-5-6-16-4-2-3-11-10-12-7-8(17-10)9(13)14/h7H,2-6H2,1H3,(H,11,12)(H,13,14). The van der Waals surface area contributed by atoms with Crippen molar-refractivity contribution in [2.75, 3.05) is 38.8 Å². The van der Waals surface area contributed by atoms with Crippen LogP contribution < -0.4 is 5.32 Å². The summed E-state index contributed by atoms with van der Waals surface area (Å²) in [5, 5.41) is 12.4. The van der Waals surface area contributed by atoms with E-state index in [0.717, 1.165) is 17.8 Å². The van der Waals surface area contributed by atoms with Gasteiger partial charge in [0.15, 0.2) is 5.13 Å². The minimum atomic E-state index is -0.946. The van der Waals surface area contributed by atoms with Crippen LogP contribution in [0.1, 0.15) is 16.1 Å². The Labute approximate surface area is 104 Å². The molecule has 1 heterocycles. The van der Waals surface area contributed by atoms with E-state index in [4.69, 9.17) is 14.6 Å². The number of aromatic nitrogens is 1. The van der Waals surface area contributed by atoms with E-state index in [1.165, 1.54) is 6.20 Å². The Kier molecular flexibility index (Phi) is 6.53. The highest BCUT2D eigenvalue weighted by molar-refractivity contribution is 7.17. The van der Waals surface area contributed by atoms with Crippen LogP contribution in [0.25, 0.3) is 0 Å². The van der Waals surface area contributed by atoms with E-state index >= 15 is 0 Å². The second-order valence-corrected chi connectivity index (χ2v) is 4.25. The van der Waals surface area contributed by atoms with Crippen molar-refractivity contribution in [1.82, 2.24) is 4.98 Å². The lowest BCUT2D eigenvalue weighted by atomic mass is 10.4. The van der Waals surface area contributed by atoms with Gasteiger partial charge in [0.1, 0.15) is 4.88 Å². The van der Waals surface area contributed by atoms with E-state index in [0.29, 0.717) is 31.5 Å². The fourth-order valence-electron chi connectivity index (χ4n) is 1.07. The van der Waals surface area contributed by atoms with Gasteiger partial charge in [-0.25, -0.2) is 9.78 Å². The van der Waals surface area contributed by atoms with E-state index < -0.39 is 5.97 Å². The summed E-state index contributed by atoms with van der Waals surface area (Å²) in [7, 11) is 1.63. The molecule has 0 atom stereocenters. The Morgan fingerprint density at radius 3 is 3.00 bits per heavy atom. The van der Waals surface area contributed by atoms with E-state index in [-0.39, 0.29) is 4.88 Å². The average Bonchev–Trinajstić information content (AvgIpc) is 2.77. The zero-order valence-corrected chi connectivity index (χ0v) is 10.5. The highest BCUT2D eigenvalue weighted by Crippen LogP contribution is 2.17. The van der Waals surface area contributed by atoms with Gasteiger partial charge in [-0.2, -0.15) is 0 Å². The van der Waals surface area contributed by atoms with E-state index in [9.17, 15) is 4.79 Å². The second kappa shape index (κ2) is 7.99. The van der Waals surface area contributed by atoms with Crippen molar-refractivity contribution in [1.29, 1.82) is 0 Å². The third-order valence-corrected chi connectivity index (χ3v) is 2.83. The lowest BCUT2D eigenvalue weighted by molar-refractivity contribution is 0.0701. The zero-order valence-electron chi connectivity index (χ0n) is 9.64. The molecule has 0 amide bonds. The molecule has 1 aromatic rings. The molecule has 0 aliphatic carbocycles. The van der Waals surface area contributed by atoms with Crippen molar-refractivity contribution in [2.45, 2.75) is 6.42 Å². The number of aromatic carboxylic acids is 1. The molecule has 17 heavy (non-hydrogen) atoms. The largest absolute Gasteiger partial charge is 0.477 e. The first-order valence-electron chi connectivity index (χ1n) is 5.23. The molecule has 2 N–H and O–H groups in total. The number of rotatable bonds is 9. The molecule has 0 spiro atoms. The van der Waals surface area contributed by atoms with Crippen molar-refractivity contribution in [2.24, 2.45) is 0 Å². The minimum absolute atomic E-state index is 0.240. The molecule has 0 aliphatic rings. The maximum absolute atomic E-state index is 10.6. The van der Waals surface area contributed by atoms with Crippen molar-refractivity contribution in [3.05, 3.63) is 11.1 Å². The van der Waals surface area contributed by atoms with Gasteiger partial charge in [-0.05, 0) is 6.42 Å². The van der Waals surface area contributed by atoms with Gasteiger partial charge in [-0.1, -0.05) is 11.3 Å². The van der Waals surface area contributed by atoms with Crippen LogP contribution in [-0.2, 0) is 9.47 Å². The number of nitrogens with one attached hydrogen (secondary N) is 1. The first kappa shape index (κ1) is 13.9. The summed E-state index contributed by atoms with van der Waals surface area (Å²) < 4.78 is 10.1. The Balaban J connectivity index is 2.07. The average molecular weight is 260 g/mol. The van der Waals surface area contributed by atoms with Crippen LogP contribution >= 0.6 is 11.3 Å². The smallest absolute Gasteiger partial charge is 0.347 e. The van der Waals surface area contributed by atoms with Crippen LogP contribution in [-0.4, -0.2) is 49.5 Å². The van der Waals surface area contributed by atoms with Crippen LogP contribution in [0.3, 0.4) is 0 Å². The summed E-state index contributed by atoms with van der Waals surface area (Å²) in [6, 6.07) is 0. The fourth-order valence-corrected chi connectivity index (χ4v) is 1.75. The van der Waals surface area contributed by atoms with E-state index in [1.807, 2.05) is 0 Å². The predicted molar refractivity (Wildman–Crippen MR) is 64.9 cm³/mol. The summed E-state index contributed by atoms with van der Waals surface area (Å²) in [5.41, 5.74) is 0. The SMILES string of the molecule is COCCOCCCNc1ncc(C(=O)O)s1. The van der Waals surface area contributed by atoms with Crippen LogP contribution in [0.4, 0.5) is 5.13 Å². The predicted octanol–water partition coefficient (Wildman–Crippen LogP) is 1.31. The summed E-state index contributed by atoms with van der Waals surface area (Å²) in [6.45, 7) is 2.55. The van der Waals surface area contributed by atoms with Crippen LogP contribution in [0.15, 0.2) is 6.20 Å². The molecule has 1 aromatic heterocycles. The highest BCUT2D eigenvalue weighted by Gasteiger charge is 2.07. The number of hydrogen-bond acceptors (Lipinski definition) is 6. The van der Waals surface area contributed by atoms with Crippen LogP contribution in [0, 0.1) is 0 Å². The third-order valence-electron chi connectivity index (χ3n) is 1.89. The van der Waals surface area contributed by atoms with Crippen molar-refractivity contribution >= 4 is 22.4 Å². The lowest BCUT2D eigenvalue weighted by Crippen LogP contribution is -2.08. The fraction of sp³-hybridized carbons (Fsp3) is 0.600. The van der Waals surface area contributed by atoms with Gasteiger partial charge in [0.05, 0.1) is 19.4 Å². The number of nitrogens with zero attached hydrogens (tertiary/aromatic N) is 1. The molecular weight excluding hydrogens is 244 g/mol. The van der Waals surface area contributed by atoms with Gasteiger partial charge in [0, 0.05) is 20.3 Å². The number of carbonyl (C=O) groups is 1. The van der Waals surface area contributed by atoms with Crippen LogP contribution in [0.5, 0.6) is 0 Å². The molecule has 6 nitrogen and oxygen atoms in total. The van der Waals surface area contributed by atoms with Gasteiger partial charge >= 0.3 is 5.97 Å². The van der Waals surface area contributed by atoms with E-state index in [2.05, 4.69) is 10.3 Å². The number of anilines is 1. The van der Waals surface area contributed by atoms with Gasteiger partial charge in [-0.15, -0.1) is 0 Å². The molecular formula is C10H16N2O4S.